The monoisotopic (exact) mass is 653 g/mol. The minimum atomic E-state index is -4.38. The highest BCUT2D eigenvalue weighted by Gasteiger charge is 2.25. The van der Waals surface area contributed by atoms with Crippen LogP contribution in [0.1, 0.15) is 117 Å². The summed E-state index contributed by atoms with van der Waals surface area (Å²) in [7, 11) is -4.38. The van der Waals surface area contributed by atoms with Gasteiger partial charge < -0.3 is 20.1 Å². The van der Waals surface area contributed by atoms with E-state index in [0.29, 0.717) is 12.8 Å². The zero-order valence-corrected chi connectivity index (χ0v) is 28.7. The van der Waals surface area contributed by atoms with Crippen LogP contribution in [0.5, 0.6) is 0 Å². The Morgan fingerprint density at radius 2 is 1.22 bits per heavy atom. The fraction of sp³-hybridized carbons (Fsp3) is 0.657. The van der Waals surface area contributed by atoms with E-state index in [1.807, 2.05) is 6.08 Å². The fourth-order valence-corrected chi connectivity index (χ4v) is 4.73. The molecular formula is C35H60NO8P. The lowest BCUT2D eigenvalue weighted by Crippen LogP contribution is -2.29. The first-order chi connectivity index (χ1) is 21.8. The SMILES string of the molecule is CC/C=C\C/C=C\C/C=C\C/C=C\C/C=C\CCCC(=O)OC(COC(=O)CCCCCCCCC)COP(=O)(O)OCCN. The summed E-state index contributed by atoms with van der Waals surface area (Å²) in [4.78, 5) is 34.4. The Bertz CT molecular complexity index is 929. The van der Waals surface area contributed by atoms with Crippen molar-refractivity contribution >= 4 is 19.8 Å². The third kappa shape index (κ3) is 31.5. The van der Waals surface area contributed by atoms with Crippen molar-refractivity contribution in [1.29, 1.82) is 0 Å². The predicted octanol–water partition coefficient (Wildman–Crippen LogP) is 8.60. The number of carbonyl (C=O) groups is 2. The van der Waals surface area contributed by atoms with Gasteiger partial charge in [-0.2, -0.15) is 0 Å². The molecule has 0 radical (unpaired) electrons. The summed E-state index contributed by atoms with van der Waals surface area (Å²) >= 11 is 0. The summed E-state index contributed by atoms with van der Waals surface area (Å²) in [6, 6.07) is 0. The molecule has 0 aromatic heterocycles. The molecule has 0 fully saturated rings. The molecule has 0 heterocycles. The maximum Gasteiger partial charge on any atom is 0.472 e. The quantitative estimate of drug-likeness (QED) is 0.0338. The fourth-order valence-electron chi connectivity index (χ4n) is 3.96. The van der Waals surface area contributed by atoms with Gasteiger partial charge in [0.25, 0.3) is 0 Å². The van der Waals surface area contributed by atoms with Crippen LogP contribution < -0.4 is 5.73 Å². The number of rotatable bonds is 30. The molecule has 0 saturated carbocycles. The van der Waals surface area contributed by atoms with E-state index < -0.39 is 32.5 Å². The molecule has 0 aliphatic heterocycles. The van der Waals surface area contributed by atoms with Crippen molar-refractivity contribution < 1.29 is 37.6 Å². The summed E-state index contributed by atoms with van der Waals surface area (Å²) in [5.74, 6) is -0.913. The van der Waals surface area contributed by atoms with Gasteiger partial charge in [0.1, 0.15) is 6.61 Å². The van der Waals surface area contributed by atoms with E-state index in [2.05, 4.69) is 68.5 Å². The van der Waals surface area contributed by atoms with Crippen LogP contribution in [-0.2, 0) is 32.7 Å². The van der Waals surface area contributed by atoms with Crippen LogP contribution in [0.3, 0.4) is 0 Å². The molecule has 0 rings (SSSR count). The van der Waals surface area contributed by atoms with E-state index >= 15 is 0 Å². The summed E-state index contributed by atoms with van der Waals surface area (Å²) in [5.41, 5.74) is 5.30. The second kappa shape index (κ2) is 31.7. The lowest BCUT2D eigenvalue weighted by Gasteiger charge is -2.19. The summed E-state index contributed by atoms with van der Waals surface area (Å²) in [5, 5.41) is 0. The number of unbranched alkanes of at least 4 members (excludes halogenated alkanes) is 7. The van der Waals surface area contributed by atoms with Gasteiger partial charge in [-0.25, -0.2) is 4.57 Å². The van der Waals surface area contributed by atoms with Crippen molar-refractivity contribution in [1.82, 2.24) is 0 Å². The molecule has 0 aliphatic carbocycles. The largest absolute Gasteiger partial charge is 0.472 e. The Kier molecular flexibility index (Phi) is 30.1. The zero-order valence-electron chi connectivity index (χ0n) is 27.8. The molecule has 0 aliphatic rings. The lowest BCUT2D eigenvalue weighted by molar-refractivity contribution is -0.161. The van der Waals surface area contributed by atoms with E-state index in [0.717, 1.165) is 57.8 Å². The number of esters is 2. The standard InChI is InChI=1S/C35H60NO8P/c1-3-5-7-9-11-12-13-14-15-16-17-18-19-20-22-24-26-28-35(38)44-33(32-43-45(39,40)42-30-29-36)31-41-34(37)27-25-23-21-10-8-6-4-2/h5,7,11-12,14-15,17-18,20,22,33H,3-4,6,8-10,13,16,19,21,23-32,36H2,1-2H3,(H,39,40)/b7-5-,12-11-,15-14-,18-17-,22-20-. The molecule has 0 spiro atoms. The van der Waals surface area contributed by atoms with Crippen LogP contribution in [-0.4, -0.2) is 49.3 Å². The first-order valence-corrected chi connectivity index (χ1v) is 18.3. The molecule has 45 heavy (non-hydrogen) atoms. The average Bonchev–Trinajstić information content (AvgIpc) is 3.02. The number of allylic oxidation sites excluding steroid dienone is 10. The molecule has 0 aromatic rings. The van der Waals surface area contributed by atoms with Gasteiger partial charge in [0.05, 0.1) is 13.2 Å². The van der Waals surface area contributed by atoms with Crippen LogP contribution in [0.4, 0.5) is 0 Å². The number of carbonyl (C=O) groups excluding carboxylic acids is 2. The Morgan fingerprint density at radius 1 is 0.689 bits per heavy atom. The van der Waals surface area contributed by atoms with Gasteiger partial charge in [0, 0.05) is 19.4 Å². The highest BCUT2D eigenvalue weighted by Crippen LogP contribution is 2.43. The van der Waals surface area contributed by atoms with Crippen LogP contribution in [0.2, 0.25) is 0 Å². The molecule has 2 atom stereocenters. The number of phosphoric ester groups is 1. The van der Waals surface area contributed by atoms with Crippen LogP contribution >= 0.6 is 7.82 Å². The smallest absolute Gasteiger partial charge is 0.462 e. The first kappa shape index (κ1) is 42.7. The third-order valence-electron chi connectivity index (χ3n) is 6.42. The van der Waals surface area contributed by atoms with E-state index in [9.17, 15) is 19.0 Å². The molecule has 10 heteroatoms. The second-order valence-electron chi connectivity index (χ2n) is 10.7. The average molecular weight is 654 g/mol. The summed E-state index contributed by atoms with van der Waals surface area (Å²) < 4.78 is 32.4. The Morgan fingerprint density at radius 3 is 1.80 bits per heavy atom. The van der Waals surface area contributed by atoms with Crippen molar-refractivity contribution in [2.24, 2.45) is 5.73 Å². The van der Waals surface area contributed by atoms with E-state index in [4.69, 9.17) is 24.3 Å². The Labute approximate surface area is 272 Å². The third-order valence-corrected chi connectivity index (χ3v) is 7.40. The normalized spacial score (nSPS) is 14.3. The molecular weight excluding hydrogens is 593 g/mol. The van der Waals surface area contributed by atoms with Crippen molar-refractivity contribution in [2.45, 2.75) is 123 Å². The molecule has 0 saturated heterocycles. The molecule has 0 amide bonds. The molecule has 0 aromatic carbocycles. The van der Waals surface area contributed by atoms with Crippen molar-refractivity contribution in [3.05, 3.63) is 60.8 Å². The Hall–Kier alpha value is -2.29. The van der Waals surface area contributed by atoms with E-state index in [1.165, 1.54) is 19.3 Å². The number of ether oxygens (including phenoxy) is 2. The van der Waals surface area contributed by atoms with Gasteiger partial charge in [-0.05, 0) is 51.4 Å². The lowest BCUT2D eigenvalue weighted by atomic mass is 10.1. The zero-order chi connectivity index (χ0) is 33.3. The van der Waals surface area contributed by atoms with E-state index in [-0.39, 0.29) is 32.6 Å². The summed E-state index contributed by atoms with van der Waals surface area (Å²) in [6.45, 7) is 3.45. The van der Waals surface area contributed by atoms with Gasteiger partial charge in [-0.3, -0.25) is 18.6 Å². The van der Waals surface area contributed by atoms with Crippen LogP contribution in [0.15, 0.2) is 60.8 Å². The van der Waals surface area contributed by atoms with Gasteiger partial charge in [0.2, 0.25) is 0 Å². The predicted molar refractivity (Wildman–Crippen MR) is 183 cm³/mol. The maximum atomic E-state index is 12.4. The molecule has 9 nitrogen and oxygen atoms in total. The Balaban J connectivity index is 4.39. The minimum absolute atomic E-state index is 0.0421. The number of phosphoric acid groups is 1. The number of hydrogen-bond acceptors (Lipinski definition) is 8. The first-order valence-electron chi connectivity index (χ1n) is 16.8. The van der Waals surface area contributed by atoms with Crippen molar-refractivity contribution in [3.8, 4) is 0 Å². The highest BCUT2D eigenvalue weighted by molar-refractivity contribution is 7.47. The number of hydrogen-bond donors (Lipinski definition) is 2. The molecule has 3 N–H and O–H groups in total. The van der Waals surface area contributed by atoms with Gasteiger partial charge >= 0.3 is 19.8 Å². The van der Waals surface area contributed by atoms with E-state index in [1.54, 1.807) is 0 Å². The minimum Gasteiger partial charge on any atom is -0.462 e. The highest BCUT2D eigenvalue weighted by atomic mass is 31.2. The van der Waals surface area contributed by atoms with Gasteiger partial charge in [0.15, 0.2) is 6.10 Å². The van der Waals surface area contributed by atoms with Crippen LogP contribution in [0, 0.1) is 0 Å². The van der Waals surface area contributed by atoms with Gasteiger partial charge in [-0.15, -0.1) is 0 Å². The van der Waals surface area contributed by atoms with Crippen LogP contribution in [0.25, 0.3) is 0 Å². The van der Waals surface area contributed by atoms with Gasteiger partial charge in [-0.1, -0.05) is 113 Å². The molecule has 0 bridgehead atoms. The molecule has 258 valence electrons. The van der Waals surface area contributed by atoms with Crippen molar-refractivity contribution in [2.75, 3.05) is 26.4 Å². The number of nitrogens with two attached hydrogens (primary N) is 1. The van der Waals surface area contributed by atoms with Crippen molar-refractivity contribution in [3.63, 3.8) is 0 Å². The summed E-state index contributed by atoms with van der Waals surface area (Å²) in [6.07, 6.45) is 34.2. The topological polar surface area (TPSA) is 134 Å². The maximum absolute atomic E-state index is 12.4. The second-order valence-corrected chi connectivity index (χ2v) is 12.1. The molecule has 2 unspecified atom stereocenters.